The van der Waals surface area contributed by atoms with E-state index in [1.54, 1.807) is 36.5 Å². The van der Waals surface area contributed by atoms with E-state index in [1.807, 2.05) is 6.92 Å². The van der Waals surface area contributed by atoms with Crippen molar-refractivity contribution in [2.24, 2.45) is 0 Å². The van der Waals surface area contributed by atoms with Gasteiger partial charge in [0.15, 0.2) is 0 Å². The highest BCUT2D eigenvalue weighted by Gasteiger charge is 2.14. The lowest BCUT2D eigenvalue weighted by Crippen LogP contribution is -2.25. The molecular formula is C15H16BrN3O2. The molecule has 6 heteroatoms. The van der Waals surface area contributed by atoms with Gasteiger partial charge in [-0.2, -0.15) is 0 Å². The molecule has 2 aromatic rings. The van der Waals surface area contributed by atoms with Crippen LogP contribution in [0, 0.1) is 0 Å². The number of hydrogen-bond donors (Lipinski definition) is 3. The second-order valence-electron chi connectivity index (χ2n) is 4.49. The van der Waals surface area contributed by atoms with Crippen LogP contribution in [0.5, 0.6) is 0 Å². The summed E-state index contributed by atoms with van der Waals surface area (Å²) in [6, 6.07) is 8.61. The van der Waals surface area contributed by atoms with E-state index in [2.05, 4.69) is 31.5 Å². The highest BCUT2D eigenvalue weighted by Crippen LogP contribution is 2.17. The van der Waals surface area contributed by atoms with Crippen LogP contribution in [0.15, 0.2) is 41.0 Å². The van der Waals surface area contributed by atoms with Gasteiger partial charge in [-0.15, -0.1) is 0 Å². The Morgan fingerprint density at radius 2 is 2.00 bits per heavy atom. The van der Waals surface area contributed by atoms with Crippen LogP contribution in [0.1, 0.15) is 34.2 Å². The van der Waals surface area contributed by atoms with Gasteiger partial charge in [-0.25, -0.2) is 0 Å². The van der Waals surface area contributed by atoms with Crippen molar-refractivity contribution < 1.29 is 9.59 Å². The van der Waals surface area contributed by atoms with Crippen molar-refractivity contribution in [2.45, 2.75) is 13.3 Å². The minimum absolute atomic E-state index is 0.194. The number of aromatic amines is 1. The number of halogens is 1. The summed E-state index contributed by atoms with van der Waals surface area (Å²) < 4.78 is 0.793. The van der Waals surface area contributed by atoms with Crippen LogP contribution in [-0.2, 0) is 0 Å². The standard InChI is InChI=1S/C15H16BrN3O2/c1-2-7-17-14(20)11-5-3-4-6-12(11)19-15(21)13-8-10(16)9-18-13/h3-6,8-9,18H,2,7H2,1H3,(H,17,20)(H,19,21). The van der Waals surface area contributed by atoms with E-state index in [9.17, 15) is 9.59 Å². The molecule has 0 aliphatic carbocycles. The number of hydrogen-bond acceptors (Lipinski definition) is 2. The van der Waals surface area contributed by atoms with Gasteiger partial charge in [-0.05, 0) is 40.5 Å². The third-order valence-electron chi connectivity index (χ3n) is 2.85. The molecule has 2 amide bonds. The molecule has 1 heterocycles. The molecule has 110 valence electrons. The number of nitrogens with one attached hydrogen (secondary N) is 3. The molecule has 0 fully saturated rings. The van der Waals surface area contributed by atoms with Crippen molar-refractivity contribution in [3.05, 3.63) is 52.3 Å². The predicted octanol–water partition coefficient (Wildman–Crippen LogP) is 3.17. The molecule has 0 aliphatic rings. The summed E-state index contributed by atoms with van der Waals surface area (Å²) in [6.45, 7) is 2.59. The molecule has 3 N–H and O–H groups in total. The number of aromatic nitrogens is 1. The molecule has 0 saturated heterocycles. The van der Waals surface area contributed by atoms with E-state index in [4.69, 9.17) is 0 Å². The van der Waals surface area contributed by atoms with Crippen LogP contribution in [-0.4, -0.2) is 23.3 Å². The number of para-hydroxylation sites is 1. The molecule has 0 unspecified atom stereocenters. The summed E-state index contributed by atoms with van der Waals surface area (Å²) in [6.07, 6.45) is 2.53. The second kappa shape index (κ2) is 7.08. The van der Waals surface area contributed by atoms with E-state index in [1.165, 1.54) is 0 Å². The minimum Gasteiger partial charge on any atom is -0.356 e. The first-order valence-electron chi connectivity index (χ1n) is 6.64. The Morgan fingerprint density at radius 3 is 2.67 bits per heavy atom. The van der Waals surface area contributed by atoms with Crippen molar-refractivity contribution in [3.63, 3.8) is 0 Å². The fourth-order valence-corrected chi connectivity index (χ4v) is 2.16. The van der Waals surface area contributed by atoms with Crippen molar-refractivity contribution in [1.29, 1.82) is 0 Å². The lowest BCUT2D eigenvalue weighted by molar-refractivity contribution is 0.0954. The third-order valence-corrected chi connectivity index (χ3v) is 3.31. The van der Waals surface area contributed by atoms with Gasteiger partial charge >= 0.3 is 0 Å². The third kappa shape index (κ3) is 3.95. The topological polar surface area (TPSA) is 74.0 Å². The van der Waals surface area contributed by atoms with Gasteiger partial charge in [0.25, 0.3) is 11.8 Å². The molecule has 1 aromatic carbocycles. The van der Waals surface area contributed by atoms with E-state index in [-0.39, 0.29) is 11.8 Å². The summed E-state index contributed by atoms with van der Waals surface area (Å²) >= 11 is 3.28. The number of amides is 2. The summed E-state index contributed by atoms with van der Waals surface area (Å²) in [5.74, 6) is -0.489. The molecule has 1 aromatic heterocycles. The summed E-state index contributed by atoms with van der Waals surface area (Å²) in [7, 11) is 0. The molecule has 0 bridgehead atoms. The first-order chi connectivity index (χ1) is 10.1. The van der Waals surface area contributed by atoms with Crippen molar-refractivity contribution >= 4 is 33.4 Å². The molecular weight excluding hydrogens is 334 g/mol. The van der Waals surface area contributed by atoms with Crippen LogP contribution < -0.4 is 10.6 Å². The van der Waals surface area contributed by atoms with Gasteiger partial charge in [0.2, 0.25) is 0 Å². The Morgan fingerprint density at radius 1 is 1.24 bits per heavy atom. The fraction of sp³-hybridized carbons (Fsp3) is 0.200. The van der Waals surface area contributed by atoms with Crippen molar-refractivity contribution in [1.82, 2.24) is 10.3 Å². The number of rotatable bonds is 5. The second-order valence-corrected chi connectivity index (χ2v) is 5.40. The lowest BCUT2D eigenvalue weighted by atomic mass is 10.1. The van der Waals surface area contributed by atoms with Crippen LogP contribution in [0.4, 0.5) is 5.69 Å². The first-order valence-corrected chi connectivity index (χ1v) is 7.43. The Labute approximate surface area is 131 Å². The Kier molecular flexibility index (Phi) is 5.16. The maximum absolute atomic E-state index is 12.1. The average Bonchev–Trinajstić information content (AvgIpc) is 2.92. The number of benzene rings is 1. The predicted molar refractivity (Wildman–Crippen MR) is 85.5 cm³/mol. The highest BCUT2D eigenvalue weighted by atomic mass is 79.9. The average molecular weight is 350 g/mol. The molecule has 0 saturated carbocycles. The van der Waals surface area contributed by atoms with Gasteiger partial charge in [-0.1, -0.05) is 19.1 Å². The quantitative estimate of drug-likeness (QED) is 0.775. The highest BCUT2D eigenvalue weighted by molar-refractivity contribution is 9.10. The van der Waals surface area contributed by atoms with Crippen LogP contribution >= 0.6 is 15.9 Å². The van der Waals surface area contributed by atoms with E-state index < -0.39 is 0 Å². The first kappa shape index (κ1) is 15.3. The van der Waals surface area contributed by atoms with Crippen LogP contribution in [0.2, 0.25) is 0 Å². The van der Waals surface area contributed by atoms with Gasteiger partial charge in [0, 0.05) is 17.2 Å². The molecule has 0 radical (unpaired) electrons. The van der Waals surface area contributed by atoms with Gasteiger partial charge < -0.3 is 15.6 Å². The zero-order valence-electron chi connectivity index (χ0n) is 11.6. The van der Waals surface area contributed by atoms with Crippen LogP contribution in [0.25, 0.3) is 0 Å². The number of carbonyl (C=O) groups excluding carboxylic acids is 2. The normalized spacial score (nSPS) is 10.2. The summed E-state index contributed by atoms with van der Waals surface area (Å²) in [5, 5.41) is 5.55. The van der Waals surface area contributed by atoms with Crippen molar-refractivity contribution in [2.75, 3.05) is 11.9 Å². The lowest BCUT2D eigenvalue weighted by Gasteiger charge is -2.10. The smallest absolute Gasteiger partial charge is 0.272 e. The SMILES string of the molecule is CCCNC(=O)c1ccccc1NC(=O)c1cc(Br)c[nH]1. The fourth-order valence-electron chi connectivity index (χ4n) is 1.81. The Hall–Kier alpha value is -2.08. The minimum atomic E-state index is -0.295. The van der Waals surface area contributed by atoms with Gasteiger partial charge in [-0.3, -0.25) is 9.59 Å². The molecule has 5 nitrogen and oxygen atoms in total. The monoisotopic (exact) mass is 349 g/mol. The number of H-pyrrole nitrogens is 1. The van der Waals surface area contributed by atoms with E-state index in [0.717, 1.165) is 10.9 Å². The Bertz CT molecular complexity index is 652. The maximum atomic E-state index is 12.1. The number of anilines is 1. The van der Waals surface area contributed by atoms with Crippen molar-refractivity contribution in [3.8, 4) is 0 Å². The molecule has 0 aliphatic heterocycles. The van der Waals surface area contributed by atoms with E-state index >= 15 is 0 Å². The zero-order valence-corrected chi connectivity index (χ0v) is 13.2. The van der Waals surface area contributed by atoms with E-state index in [0.29, 0.717) is 23.5 Å². The van der Waals surface area contributed by atoms with Gasteiger partial charge in [0.1, 0.15) is 5.69 Å². The largest absolute Gasteiger partial charge is 0.356 e. The Balaban J connectivity index is 2.16. The maximum Gasteiger partial charge on any atom is 0.272 e. The molecule has 21 heavy (non-hydrogen) atoms. The van der Waals surface area contributed by atoms with Gasteiger partial charge in [0.05, 0.1) is 11.3 Å². The zero-order chi connectivity index (χ0) is 15.2. The van der Waals surface area contributed by atoms with Crippen LogP contribution in [0.3, 0.4) is 0 Å². The summed E-state index contributed by atoms with van der Waals surface area (Å²) in [5.41, 5.74) is 1.36. The molecule has 0 atom stereocenters. The molecule has 0 spiro atoms. The number of carbonyl (C=O) groups is 2. The molecule has 2 rings (SSSR count). The summed E-state index contributed by atoms with van der Waals surface area (Å²) in [4.78, 5) is 27.0.